The zero-order chi connectivity index (χ0) is 25.9. The van der Waals surface area contributed by atoms with Crippen molar-refractivity contribution < 1.29 is 22.7 Å². The lowest BCUT2D eigenvalue weighted by atomic mass is 9.95. The molecule has 1 amide bonds. The van der Waals surface area contributed by atoms with E-state index in [2.05, 4.69) is 27.1 Å². The van der Waals surface area contributed by atoms with Crippen molar-refractivity contribution in [1.82, 2.24) is 25.4 Å². The Bertz CT molecular complexity index is 1100. The molecule has 3 heterocycles. The monoisotopic (exact) mass is 495 g/mol. The minimum atomic E-state index is -4.21. The number of halogens is 3. The molecule has 0 saturated carbocycles. The van der Waals surface area contributed by atoms with Crippen LogP contribution in [0.5, 0.6) is 5.75 Å². The molecule has 0 bridgehead atoms. The van der Waals surface area contributed by atoms with Gasteiger partial charge in [0.15, 0.2) is 0 Å². The second-order valence-corrected chi connectivity index (χ2v) is 8.86. The average molecular weight is 496 g/mol. The highest BCUT2D eigenvalue weighted by atomic mass is 19.4. The molecule has 1 unspecified atom stereocenters. The summed E-state index contributed by atoms with van der Waals surface area (Å²) >= 11 is 0. The fraction of sp³-hybridized carbons (Fsp3) is 0.500. The maximum Gasteiger partial charge on any atom is 0.401 e. The van der Waals surface area contributed by atoms with Gasteiger partial charge in [0.2, 0.25) is 0 Å². The average Bonchev–Trinajstić information content (AvgIpc) is 2.78. The minimum absolute atomic E-state index is 0.0196. The molecule has 3 rings (SSSR count). The lowest BCUT2D eigenvalue weighted by molar-refractivity contribution is -0.149. The number of carbonyl (C=O) groups excluding carboxylic acids is 1. The molecule has 0 spiro atoms. The molecule has 1 fully saturated rings. The van der Waals surface area contributed by atoms with Crippen LogP contribution in [0.15, 0.2) is 46.1 Å². The first-order chi connectivity index (χ1) is 16.4. The highest BCUT2D eigenvalue weighted by Crippen LogP contribution is 2.26. The first-order valence-corrected chi connectivity index (χ1v) is 11.4. The van der Waals surface area contributed by atoms with Gasteiger partial charge in [-0.25, -0.2) is 0 Å². The SMILES string of the molecule is C=C1C=C(C(=O)NCc2c(OC)cc(C)[nH]c2=O)C(C)=C(C(C)N2CCN(CC(F)(F)F)CC2)N1. The number of allylic oxidation sites excluding steroid dienone is 1. The van der Waals surface area contributed by atoms with Gasteiger partial charge in [-0.1, -0.05) is 6.58 Å². The van der Waals surface area contributed by atoms with E-state index in [1.165, 1.54) is 12.0 Å². The Balaban J connectivity index is 1.71. The van der Waals surface area contributed by atoms with E-state index in [-0.39, 0.29) is 24.1 Å². The van der Waals surface area contributed by atoms with Crippen LogP contribution in [0.4, 0.5) is 13.2 Å². The van der Waals surface area contributed by atoms with Gasteiger partial charge >= 0.3 is 6.18 Å². The third-order valence-electron chi connectivity index (χ3n) is 6.32. The number of aromatic nitrogens is 1. The number of piperazine rings is 1. The van der Waals surface area contributed by atoms with Crippen LogP contribution in [0.1, 0.15) is 25.1 Å². The van der Waals surface area contributed by atoms with Crippen LogP contribution in [0.25, 0.3) is 0 Å². The fourth-order valence-corrected chi connectivity index (χ4v) is 4.43. The molecular formula is C24H32F3N5O3. The predicted molar refractivity (Wildman–Crippen MR) is 127 cm³/mol. The summed E-state index contributed by atoms with van der Waals surface area (Å²) in [5, 5.41) is 6.01. The number of hydrogen-bond acceptors (Lipinski definition) is 6. The molecule has 0 aromatic carbocycles. The van der Waals surface area contributed by atoms with Crippen molar-refractivity contribution in [3.05, 3.63) is 62.9 Å². The van der Waals surface area contributed by atoms with Crippen LogP contribution < -0.4 is 20.9 Å². The molecule has 0 radical (unpaired) electrons. The van der Waals surface area contributed by atoms with E-state index in [9.17, 15) is 22.8 Å². The number of amides is 1. The molecule has 11 heteroatoms. The number of alkyl halides is 3. The van der Waals surface area contributed by atoms with E-state index in [1.54, 1.807) is 19.1 Å². The van der Waals surface area contributed by atoms with Crippen molar-refractivity contribution in [1.29, 1.82) is 0 Å². The van der Waals surface area contributed by atoms with Crippen LogP contribution in [-0.4, -0.2) is 72.7 Å². The Hall–Kier alpha value is -3.05. The maximum atomic E-state index is 13.1. The molecule has 1 aromatic rings. The number of hydrogen-bond donors (Lipinski definition) is 3. The summed E-state index contributed by atoms with van der Waals surface area (Å²) in [5.74, 6) is 0.0216. The summed E-state index contributed by atoms with van der Waals surface area (Å²) in [6.07, 6.45) is -2.57. The van der Waals surface area contributed by atoms with E-state index in [0.29, 0.717) is 60.0 Å². The minimum Gasteiger partial charge on any atom is -0.496 e. The third kappa shape index (κ3) is 6.55. The number of aryl methyl sites for hydroxylation is 1. The summed E-state index contributed by atoms with van der Waals surface area (Å²) in [6, 6.07) is 1.53. The largest absolute Gasteiger partial charge is 0.496 e. The number of carbonyl (C=O) groups is 1. The van der Waals surface area contributed by atoms with Crippen LogP contribution in [0.2, 0.25) is 0 Å². The number of ether oxygens (including phenoxy) is 1. The van der Waals surface area contributed by atoms with Crippen molar-refractivity contribution in [3.8, 4) is 5.75 Å². The molecule has 2 aliphatic rings. The Kier molecular flexibility index (Phi) is 8.11. The second-order valence-electron chi connectivity index (χ2n) is 8.86. The molecule has 1 saturated heterocycles. The topological polar surface area (TPSA) is 89.7 Å². The summed E-state index contributed by atoms with van der Waals surface area (Å²) in [7, 11) is 1.46. The van der Waals surface area contributed by atoms with Crippen molar-refractivity contribution in [2.45, 2.75) is 39.5 Å². The summed E-state index contributed by atoms with van der Waals surface area (Å²) < 4.78 is 43.4. The Labute approximate surface area is 202 Å². The zero-order valence-corrected chi connectivity index (χ0v) is 20.4. The lowest BCUT2D eigenvalue weighted by Gasteiger charge is -2.40. The third-order valence-corrected chi connectivity index (χ3v) is 6.32. The van der Waals surface area contributed by atoms with Crippen LogP contribution >= 0.6 is 0 Å². The summed E-state index contributed by atoms with van der Waals surface area (Å²) in [4.78, 5) is 31.6. The molecule has 8 nitrogen and oxygen atoms in total. The van der Waals surface area contributed by atoms with Gasteiger partial charge in [-0.3, -0.25) is 19.4 Å². The number of pyridine rings is 1. The highest BCUT2D eigenvalue weighted by Gasteiger charge is 2.34. The van der Waals surface area contributed by atoms with Crippen molar-refractivity contribution in [2.24, 2.45) is 0 Å². The standard InChI is InChI=1S/C24H32F3N5O3/c1-14-10-18(22(33)28-12-19-20(35-5)11-15(2)30-23(19)34)16(3)21(29-14)17(4)32-8-6-31(7-9-32)13-24(25,26)27/h10-11,17,29H,1,6-9,12-13H2,2-5H3,(H,28,33)(H,30,34). The Morgan fingerprint density at radius 2 is 1.91 bits per heavy atom. The smallest absolute Gasteiger partial charge is 0.401 e. The Morgan fingerprint density at radius 1 is 1.26 bits per heavy atom. The van der Waals surface area contributed by atoms with Crippen molar-refractivity contribution in [2.75, 3.05) is 39.8 Å². The highest BCUT2D eigenvalue weighted by molar-refractivity contribution is 5.98. The van der Waals surface area contributed by atoms with Crippen LogP contribution in [-0.2, 0) is 11.3 Å². The number of methoxy groups -OCH3 is 1. The lowest BCUT2D eigenvalue weighted by Crippen LogP contribution is -2.53. The summed E-state index contributed by atoms with van der Waals surface area (Å²) in [6.45, 7) is 10.1. The van der Waals surface area contributed by atoms with E-state index in [1.807, 2.05) is 13.8 Å². The molecule has 3 N–H and O–H groups in total. The van der Waals surface area contributed by atoms with E-state index >= 15 is 0 Å². The Morgan fingerprint density at radius 3 is 2.51 bits per heavy atom. The first kappa shape index (κ1) is 26.6. The van der Waals surface area contributed by atoms with Crippen molar-refractivity contribution >= 4 is 5.91 Å². The molecular weight excluding hydrogens is 463 g/mol. The quantitative estimate of drug-likeness (QED) is 0.538. The van der Waals surface area contributed by atoms with Gasteiger partial charge < -0.3 is 20.4 Å². The summed E-state index contributed by atoms with van der Waals surface area (Å²) in [5.41, 5.74) is 3.06. The van der Waals surface area contributed by atoms with E-state index in [4.69, 9.17) is 4.74 Å². The van der Waals surface area contributed by atoms with Gasteiger partial charge in [0.05, 0.1) is 25.8 Å². The number of dihydropyridines is 1. The van der Waals surface area contributed by atoms with E-state index < -0.39 is 12.7 Å². The van der Waals surface area contributed by atoms with Gasteiger partial charge in [0.1, 0.15) is 5.75 Å². The second kappa shape index (κ2) is 10.7. The number of aromatic amines is 1. The zero-order valence-electron chi connectivity index (χ0n) is 20.4. The molecule has 35 heavy (non-hydrogen) atoms. The van der Waals surface area contributed by atoms with Crippen LogP contribution in [0.3, 0.4) is 0 Å². The molecule has 2 aliphatic heterocycles. The van der Waals surface area contributed by atoms with E-state index in [0.717, 1.165) is 5.70 Å². The van der Waals surface area contributed by atoms with Gasteiger partial charge in [0, 0.05) is 54.9 Å². The maximum absolute atomic E-state index is 13.1. The molecule has 1 atom stereocenters. The first-order valence-electron chi connectivity index (χ1n) is 11.4. The number of nitrogens with zero attached hydrogens (tertiary/aromatic N) is 2. The normalized spacial score (nSPS) is 18.7. The number of nitrogens with one attached hydrogen (secondary N) is 3. The van der Waals surface area contributed by atoms with Gasteiger partial charge in [0.25, 0.3) is 11.5 Å². The predicted octanol–water partition coefficient (Wildman–Crippen LogP) is 2.19. The van der Waals surface area contributed by atoms with Gasteiger partial charge in [-0.2, -0.15) is 13.2 Å². The molecule has 192 valence electrons. The molecule has 1 aromatic heterocycles. The van der Waals surface area contributed by atoms with Crippen molar-refractivity contribution in [3.63, 3.8) is 0 Å². The van der Waals surface area contributed by atoms with Gasteiger partial charge in [-0.15, -0.1) is 0 Å². The fourth-order valence-electron chi connectivity index (χ4n) is 4.43. The van der Waals surface area contributed by atoms with Crippen LogP contribution in [0, 0.1) is 6.92 Å². The number of H-pyrrole nitrogens is 1. The van der Waals surface area contributed by atoms with Gasteiger partial charge in [-0.05, 0) is 38.5 Å². The molecule has 0 aliphatic carbocycles. The number of rotatable bonds is 7.